The molecule has 1 aromatic carbocycles. The number of aliphatic hydroxyl groups excluding tert-OH is 1. The molecule has 1 N–H and O–H groups in total. The Morgan fingerprint density at radius 3 is 2.86 bits per heavy atom. The van der Waals surface area contributed by atoms with Crippen LogP contribution in [-0.4, -0.2) is 34.2 Å². The number of aromatic nitrogens is 1. The summed E-state index contributed by atoms with van der Waals surface area (Å²) in [6.07, 6.45) is 3.80. The third-order valence-electron chi connectivity index (χ3n) is 4.85. The molecular formula is C17H20N2O2. The highest BCUT2D eigenvalue weighted by molar-refractivity contribution is 5.52. The number of hydrogen-bond acceptors (Lipinski definition) is 4. The number of likely N-dealkylation sites (tertiary alicyclic amines) is 1. The first-order chi connectivity index (χ1) is 10.3. The molecule has 2 aliphatic rings. The van der Waals surface area contributed by atoms with Crippen molar-refractivity contribution in [1.29, 1.82) is 0 Å². The Labute approximate surface area is 124 Å². The molecule has 1 aliphatic carbocycles. The number of aliphatic hydroxyl groups is 1. The van der Waals surface area contributed by atoms with Gasteiger partial charge in [0, 0.05) is 31.1 Å². The van der Waals surface area contributed by atoms with Gasteiger partial charge in [-0.25, -0.2) is 4.98 Å². The smallest absolute Gasteiger partial charge is 0.226 e. The van der Waals surface area contributed by atoms with Crippen molar-refractivity contribution >= 4 is 0 Å². The first-order valence-electron chi connectivity index (χ1n) is 7.70. The Kier molecular flexibility index (Phi) is 3.28. The Morgan fingerprint density at radius 2 is 2.05 bits per heavy atom. The van der Waals surface area contributed by atoms with Crippen molar-refractivity contribution in [3.8, 4) is 11.5 Å². The van der Waals surface area contributed by atoms with Gasteiger partial charge in [0.15, 0.2) is 0 Å². The Hall–Kier alpha value is -1.65. The minimum absolute atomic E-state index is 0.0998. The normalized spacial score (nSPS) is 28.9. The first-order valence-corrected chi connectivity index (χ1v) is 7.70. The van der Waals surface area contributed by atoms with E-state index >= 15 is 0 Å². The molecule has 2 fully saturated rings. The van der Waals surface area contributed by atoms with Crippen LogP contribution in [0.4, 0.5) is 0 Å². The van der Waals surface area contributed by atoms with Crippen LogP contribution in [-0.2, 0) is 6.54 Å². The highest BCUT2D eigenvalue weighted by Gasteiger charge is 2.41. The van der Waals surface area contributed by atoms with Crippen LogP contribution < -0.4 is 0 Å². The van der Waals surface area contributed by atoms with Crippen molar-refractivity contribution in [3.05, 3.63) is 42.3 Å². The summed E-state index contributed by atoms with van der Waals surface area (Å²) >= 11 is 0. The average molecular weight is 284 g/mol. The van der Waals surface area contributed by atoms with Gasteiger partial charge in [0.25, 0.3) is 0 Å². The fourth-order valence-electron chi connectivity index (χ4n) is 3.78. The van der Waals surface area contributed by atoms with Crippen LogP contribution in [0.15, 0.2) is 41.0 Å². The lowest BCUT2D eigenvalue weighted by atomic mass is 10.00. The molecule has 0 amide bonds. The highest BCUT2D eigenvalue weighted by atomic mass is 16.3. The van der Waals surface area contributed by atoms with Crippen molar-refractivity contribution in [3.63, 3.8) is 0 Å². The van der Waals surface area contributed by atoms with Gasteiger partial charge in [-0.3, -0.25) is 4.90 Å². The quantitative estimate of drug-likeness (QED) is 0.941. The second-order valence-corrected chi connectivity index (χ2v) is 6.27. The maximum atomic E-state index is 9.98. The summed E-state index contributed by atoms with van der Waals surface area (Å²) in [6.45, 7) is 2.88. The molecular weight excluding hydrogens is 264 g/mol. The first kappa shape index (κ1) is 13.0. The van der Waals surface area contributed by atoms with E-state index in [0.29, 0.717) is 17.7 Å². The fourth-order valence-corrected chi connectivity index (χ4v) is 3.78. The summed E-state index contributed by atoms with van der Waals surface area (Å²) in [4.78, 5) is 6.98. The Morgan fingerprint density at radius 1 is 1.19 bits per heavy atom. The molecule has 4 rings (SSSR count). The summed E-state index contributed by atoms with van der Waals surface area (Å²) in [5, 5.41) is 9.98. The zero-order chi connectivity index (χ0) is 14.2. The predicted molar refractivity (Wildman–Crippen MR) is 79.4 cm³/mol. The minimum atomic E-state index is -0.0998. The van der Waals surface area contributed by atoms with Gasteiger partial charge in [0.05, 0.1) is 11.8 Å². The van der Waals surface area contributed by atoms with E-state index in [4.69, 9.17) is 4.42 Å². The van der Waals surface area contributed by atoms with Gasteiger partial charge in [0.1, 0.15) is 6.26 Å². The van der Waals surface area contributed by atoms with Crippen LogP contribution in [0.2, 0.25) is 0 Å². The van der Waals surface area contributed by atoms with E-state index < -0.39 is 0 Å². The molecule has 3 atom stereocenters. The standard InChI is InChI=1S/C17H20N2O2/c20-16-7-6-13-8-19(10-15(13)16)9-14-11-21-17(18-14)12-4-2-1-3-5-12/h1-5,11,13,15-16,20H,6-10H2. The van der Waals surface area contributed by atoms with Gasteiger partial charge in [-0.05, 0) is 30.9 Å². The zero-order valence-corrected chi connectivity index (χ0v) is 12.0. The van der Waals surface area contributed by atoms with Crippen LogP contribution >= 0.6 is 0 Å². The molecule has 4 nitrogen and oxygen atoms in total. The van der Waals surface area contributed by atoms with Gasteiger partial charge in [-0.1, -0.05) is 18.2 Å². The molecule has 21 heavy (non-hydrogen) atoms. The van der Waals surface area contributed by atoms with E-state index in [1.165, 1.54) is 0 Å². The second-order valence-electron chi connectivity index (χ2n) is 6.27. The molecule has 3 unspecified atom stereocenters. The van der Waals surface area contributed by atoms with E-state index in [-0.39, 0.29) is 6.10 Å². The van der Waals surface area contributed by atoms with Crippen LogP contribution in [0.3, 0.4) is 0 Å². The van der Waals surface area contributed by atoms with Gasteiger partial charge in [-0.15, -0.1) is 0 Å². The summed E-state index contributed by atoms with van der Waals surface area (Å²) in [7, 11) is 0. The van der Waals surface area contributed by atoms with Crippen molar-refractivity contribution < 1.29 is 9.52 Å². The number of hydrogen-bond donors (Lipinski definition) is 1. The van der Waals surface area contributed by atoms with Gasteiger partial charge in [0.2, 0.25) is 5.89 Å². The summed E-state index contributed by atoms with van der Waals surface area (Å²) < 4.78 is 5.59. The fraction of sp³-hybridized carbons (Fsp3) is 0.471. The lowest BCUT2D eigenvalue weighted by Crippen LogP contribution is -2.24. The summed E-state index contributed by atoms with van der Waals surface area (Å²) in [5.41, 5.74) is 1.99. The molecule has 1 saturated heterocycles. The van der Waals surface area contributed by atoms with E-state index in [2.05, 4.69) is 9.88 Å². The number of oxazole rings is 1. The number of fused-ring (bicyclic) bond motifs is 1. The highest BCUT2D eigenvalue weighted by Crippen LogP contribution is 2.38. The van der Waals surface area contributed by atoms with Gasteiger partial charge >= 0.3 is 0 Å². The molecule has 2 aromatic rings. The molecule has 0 radical (unpaired) electrons. The van der Waals surface area contributed by atoms with E-state index in [9.17, 15) is 5.11 Å². The zero-order valence-electron chi connectivity index (χ0n) is 12.0. The largest absolute Gasteiger partial charge is 0.444 e. The van der Waals surface area contributed by atoms with E-state index in [0.717, 1.165) is 43.7 Å². The maximum Gasteiger partial charge on any atom is 0.226 e. The van der Waals surface area contributed by atoms with Gasteiger partial charge in [-0.2, -0.15) is 0 Å². The Bertz CT molecular complexity index is 610. The molecule has 0 bridgehead atoms. The van der Waals surface area contributed by atoms with Crippen LogP contribution in [0.25, 0.3) is 11.5 Å². The molecule has 1 aromatic heterocycles. The van der Waals surface area contributed by atoms with Gasteiger partial charge < -0.3 is 9.52 Å². The molecule has 110 valence electrons. The average Bonchev–Trinajstić information content (AvgIpc) is 3.19. The molecule has 1 saturated carbocycles. The molecule has 2 heterocycles. The number of rotatable bonds is 3. The number of nitrogens with zero attached hydrogens (tertiary/aromatic N) is 2. The third kappa shape index (κ3) is 2.49. The third-order valence-corrected chi connectivity index (χ3v) is 4.85. The summed E-state index contributed by atoms with van der Waals surface area (Å²) in [5.74, 6) is 1.82. The van der Waals surface area contributed by atoms with Crippen molar-refractivity contribution in [2.45, 2.75) is 25.5 Å². The van der Waals surface area contributed by atoms with Crippen molar-refractivity contribution in [2.24, 2.45) is 11.8 Å². The van der Waals surface area contributed by atoms with Crippen LogP contribution in [0, 0.1) is 11.8 Å². The maximum absolute atomic E-state index is 9.98. The molecule has 0 spiro atoms. The van der Waals surface area contributed by atoms with Crippen molar-refractivity contribution in [2.75, 3.05) is 13.1 Å². The minimum Gasteiger partial charge on any atom is -0.444 e. The SMILES string of the molecule is OC1CCC2CN(Cc3coc(-c4ccccc4)n3)CC12. The lowest BCUT2D eigenvalue weighted by Gasteiger charge is -2.16. The van der Waals surface area contributed by atoms with Crippen LogP contribution in [0.1, 0.15) is 18.5 Å². The summed E-state index contributed by atoms with van der Waals surface area (Å²) in [6, 6.07) is 9.98. The van der Waals surface area contributed by atoms with Crippen molar-refractivity contribution in [1.82, 2.24) is 9.88 Å². The molecule has 1 aliphatic heterocycles. The lowest BCUT2D eigenvalue weighted by molar-refractivity contribution is 0.123. The predicted octanol–water partition coefficient (Wildman–Crippen LogP) is 2.54. The second kappa shape index (κ2) is 5.28. The monoisotopic (exact) mass is 284 g/mol. The number of benzene rings is 1. The van der Waals surface area contributed by atoms with E-state index in [1.807, 2.05) is 30.3 Å². The van der Waals surface area contributed by atoms with E-state index in [1.54, 1.807) is 6.26 Å². The molecule has 4 heteroatoms. The topological polar surface area (TPSA) is 49.5 Å². The van der Waals surface area contributed by atoms with Crippen LogP contribution in [0.5, 0.6) is 0 Å². The Balaban J connectivity index is 1.44.